The van der Waals surface area contributed by atoms with Crippen molar-refractivity contribution in [3.63, 3.8) is 0 Å². The number of piperidine rings is 1. The predicted molar refractivity (Wildman–Crippen MR) is 158 cm³/mol. The Kier molecular flexibility index (Phi) is 8.40. The number of hydrogen-bond acceptors (Lipinski definition) is 6. The highest BCUT2D eigenvalue weighted by molar-refractivity contribution is 5.94. The lowest BCUT2D eigenvalue weighted by Crippen LogP contribution is -2.37. The molecular formula is C31H44N6O2. The van der Waals surface area contributed by atoms with Gasteiger partial charge in [0, 0.05) is 68.3 Å². The first-order chi connectivity index (χ1) is 18.8. The summed E-state index contributed by atoms with van der Waals surface area (Å²) >= 11 is 0. The van der Waals surface area contributed by atoms with Crippen molar-refractivity contribution in [2.75, 3.05) is 37.4 Å². The number of fused-ring (bicyclic) bond motifs is 1. The van der Waals surface area contributed by atoms with E-state index in [1.54, 1.807) is 0 Å². The number of benzene rings is 1. The molecule has 1 saturated heterocycles. The standard InChI is InChI=1S/C31H44N6O2/c1-5-6-21(2)33-31-32-19-27-28(20-37(29(27)34-31)25-11-13-26(38)14-12-25)22-15-17-36(18-16-22)30(39)23-7-9-24(10-8-23)35(3)4/h7-10,19-22,25-26,38H,5-6,11-18H2,1-4H3,(H,32,33,34)/t21-,25-,26-/m0/s1. The van der Waals surface area contributed by atoms with E-state index in [4.69, 9.17) is 9.97 Å². The monoisotopic (exact) mass is 532 g/mol. The van der Waals surface area contributed by atoms with Gasteiger partial charge in [0.05, 0.1) is 6.10 Å². The van der Waals surface area contributed by atoms with Gasteiger partial charge in [-0.2, -0.15) is 4.98 Å². The first-order valence-corrected chi connectivity index (χ1v) is 14.7. The van der Waals surface area contributed by atoms with E-state index in [0.29, 0.717) is 23.9 Å². The number of carbonyl (C=O) groups excluding carboxylic acids is 1. The summed E-state index contributed by atoms with van der Waals surface area (Å²) in [6, 6.07) is 8.54. The highest BCUT2D eigenvalue weighted by Crippen LogP contribution is 2.38. The second-order valence-corrected chi connectivity index (χ2v) is 11.7. The topological polar surface area (TPSA) is 86.5 Å². The molecule has 1 amide bonds. The Morgan fingerprint density at radius 1 is 1.10 bits per heavy atom. The fraction of sp³-hybridized carbons (Fsp3) is 0.581. The smallest absolute Gasteiger partial charge is 0.253 e. The van der Waals surface area contributed by atoms with Crippen LogP contribution in [0.15, 0.2) is 36.7 Å². The molecule has 2 N–H and O–H groups in total. The van der Waals surface area contributed by atoms with E-state index in [2.05, 4.69) is 29.9 Å². The van der Waals surface area contributed by atoms with Gasteiger partial charge in [-0.25, -0.2) is 4.98 Å². The zero-order chi connectivity index (χ0) is 27.5. The molecular weight excluding hydrogens is 488 g/mol. The average Bonchev–Trinajstić information content (AvgIpc) is 3.32. The van der Waals surface area contributed by atoms with Crippen LogP contribution in [0.3, 0.4) is 0 Å². The maximum absolute atomic E-state index is 13.2. The Morgan fingerprint density at radius 3 is 2.44 bits per heavy atom. The summed E-state index contributed by atoms with van der Waals surface area (Å²) in [6.07, 6.45) is 11.7. The van der Waals surface area contributed by atoms with E-state index in [1.807, 2.05) is 54.4 Å². The van der Waals surface area contributed by atoms with Gasteiger partial charge in [0.1, 0.15) is 5.65 Å². The summed E-state index contributed by atoms with van der Waals surface area (Å²) in [5.74, 6) is 1.16. The van der Waals surface area contributed by atoms with Gasteiger partial charge < -0.3 is 24.8 Å². The van der Waals surface area contributed by atoms with Gasteiger partial charge in [-0.1, -0.05) is 13.3 Å². The van der Waals surface area contributed by atoms with Crippen molar-refractivity contribution in [2.24, 2.45) is 0 Å². The number of aliphatic hydroxyl groups excluding tert-OH is 1. The summed E-state index contributed by atoms with van der Waals surface area (Å²) in [7, 11) is 4.01. The first-order valence-electron chi connectivity index (χ1n) is 14.7. The third kappa shape index (κ3) is 6.06. The second kappa shape index (κ2) is 11.9. The van der Waals surface area contributed by atoms with E-state index < -0.39 is 0 Å². The number of amides is 1. The maximum atomic E-state index is 13.2. The zero-order valence-electron chi connectivity index (χ0n) is 23.9. The molecule has 3 heterocycles. The molecule has 39 heavy (non-hydrogen) atoms. The zero-order valence-corrected chi connectivity index (χ0v) is 23.9. The Morgan fingerprint density at radius 2 is 1.79 bits per heavy atom. The van der Waals surface area contributed by atoms with Gasteiger partial charge in [0.15, 0.2) is 0 Å². The van der Waals surface area contributed by atoms with Crippen molar-refractivity contribution in [1.82, 2.24) is 19.4 Å². The van der Waals surface area contributed by atoms with Crippen molar-refractivity contribution in [3.8, 4) is 0 Å². The Hall–Kier alpha value is -3.13. The molecule has 2 aromatic heterocycles. The number of rotatable bonds is 8. The van der Waals surface area contributed by atoms with Gasteiger partial charge in [-0.3, -0.25) is 4.79 Å². The van der Waals surface area contributed by atoms with Gasteiger partial charge in [-0.15, -0.1) is 0 Å². The molecule has 2 aliphatic rings. The van der Waals surface area contributed by atoms with Crippen molar-refractivity contribution in [3.05, 3.63) is 47.8 Å². The summed E-state index contributed by atoms with van der Waals surface area (Å²) in [5, 5.41) is 14.7. The minimum atomic E-state index is -0.190. The lowest BCUT2D eigenvalue weighted by Gasteiger charge is -2.32. The van der Waals surface area contributed by atoms with E-state index in [-0.39, 0.29) is 12.0 Å². The number of nitrogens with one attached hydrogen (secondary N) is 1. The highest BCUT2D eigenvalue weighted by Gasteiger charge is 2.30. The Labute approximate surface area is 232 Å². The molecule has 1 atom stereocenters. The second-order valence-electron chi connectivity index (χ2n) is 11.7. The summed E-state index contributed by atoms with van der Waals surface area (Å²) < 4.78 is 2.36. The molecule has 0 spiro atoms. The third-order valence-corrected chi connectivity index (χ3v) is 8.61. The molecule has 1 aliphatic carbocycles. The number of anilines is 2. The fourth-order valence-corrected chi connectivity index (χ4v) is 6.27. The summed E-state index contributed by atoms with van der Waals surface area (Å²) in [6.45, 7) is 5.86. The minimum absolute atomic E-state index is 0.113. The normalized spacial score (nSPS) is 21.2. The fourth-order valence-electron chi connectivity index (χ4n) is 6.27. The van der Waals surface area contributed by atoms with Crippen molar-refractivity contribution in [1.29, 1.82) is 0 Å². The molecule has 210 valence electrons. The quantitative estimate of drug-likeness (QED) is 0.393. The molecule has 0 unspecified atom stereocenters. The third-order valence-electron chi connectivity index (χ3n) is 8.61. The number of aliphatic hydroxyl groups is 1. The number of likely N-dealkylation sites (tertiary alicyclic amines) is 1. The maximum Gasteiger partial charge on any atom is 0.253 e. The van der Waals surface area contributed by atoms with Crippen LogP contribution in [-0.4, -0.2) is 69.8 Å². The van der Waals surface area contributed by atoms with Crippen LogP contribution in [0.25, 0.3) is 11.0 Å². The predicted octanol–water partition coefficient (Wildman–Crippen LogP) is 5.59. The van der Waals surface area contributed by atoms with Crippen molar-refractivity contribution < 1.29 is 9.90 Å². The van der Waals surface area contributed by atoms with Crippen LogP contribution in [0.2, 0.25) is 0 Å². The largest absolute Gasteiger partial charge is 0.393 e. The Bertz CT molecular complexity index is 1250. The number of carbonyl (C=O) groups is 1. The van der Waals surface area contributed by atoms with E-state index in [0.717, 1.165) is 86.7 Å². The van der Waals surface area contributed by atoms with Crippen LogP contribution < -0.4 is 10.2 Å². The molecule has 1 aliphatic heterocycles. The van der Waals surface area contributed by atoms with E-state index in [1.165, 1.54) is 5.56 Å². The number of aromatic nitrogens is 3. The van der Waals surface area contributed by atoms with E-state index in [9.17, 15) is 9.90 Å². The van der Waals surface area contributed by atoms with Crippen LogP contribution in [0.5, 0.6) is 0 Å². The van der Waals surface area contributed by atoms with Gasteiger partial charge in [-0.05, 0) is 87.6 Å². The van der Waals surface area contributed by atoms with Crippen LogP contribution in [-0.2, 0) is 0 Å². The van der Waals surface area contributed by atoms with E-state index >= 15 is 0 Å². The lowest BCUT2D eigenvalue weighted by atomic mass is 9.89. The molecule has 5 rings (SSSR count). The molecule has 0 bridgehead atoms. The molecule has 8 heteroatoms. The van der Waals surface area contributed by atoms with Crippen LogP contribution in [0, 0.1) is 0 Å². The molecule has 0 radical (unpaired) electrons. The number of nitrogens with zero attached hydrogens (tertiary/aromatic N) is 5. The number of hydrogen-bond donors (Lipinski definition) is 2. The molecule has 8 nitrogen and oxygen atoms in total. The summed E-state index contributed by atoms with van der Waals surface area (Å²) in [4.78, 5) is 27.0. The van der Waals surface area contributed by atoms with Crippen LogP contribution in [0.1, 0.15) is 93.1 Å². The van der Waals surface area contributed by atoms with Gasteiger partial charge in [0.25, 0.3) is 5.91 Å². The van der Waals surface area contributed by atoms with Crippen LogP contribution in [0.4, 0.5) is 11.6 Å². The molecule has 1 aromatic carbocycles. The molecule has 3 aromatic rings. The average molecular weight is 533 g/mol. The Balaban J connectivity index is 1.35. The highest BCUT2D eigenvalue weighted by atomic mass is 16.3. The molecule has 2 fully saturated rings. The van der Waals surface area contributed by atoms with Crippen molar-refractivity contribution >= 4 is 28.6 Å². The summed E-state index contributed by atoms with van der Waals surface area (Å²) in [5.41, 5.74) is 4.13. The molecule has 1 saturated carbocycles. The van der Waals surface area contributed by atoms with Crippen molar-refractivity contribution in [2.45, 2.75) is 89.3 Å². The van der Waals surface area contributed by atoms with Crippen LogP contribution >= 0.6 is 0 Å². The lowest BCUT2D eigenvalue weighted by molar-refractivity contribution is 0.0713. The first kappa shape index (κ1) is 27.4. The SMILES string of the molecule is CCC[C@H](C)Nc1ncc2c(C3CCN(C(=O)c4ccc(N(C)C)cc4)CC3)cn([C@H]3CC[C@H](O)CC3)c2n1. The van der Waals surface area contributed by atoms with Gasteiger partial charge >= 0.3 is 0 Å². The minimum Gasteiger partial charge on any atom is -0.393 e. The van der Waals surface area contributed by atoms with Gasteiger partial charge in [0.2, 0.25) is 5.95 Å².